The Balaban J connectivity index is 1.67. The van der Waals surface area contributed by atoms with Crippen LogP contribution in [0.1, 0.15) is 11.1 Å². The molecule has 2 nitrogen and oxygen atoms in total. The maximum atomic E-state index is 9.40. The number of benzene rings is 1. The second-order valence-corrected chi connectivity index (χ2v) is 13.8. The number of hydrogen-bond acceptors (Lipinski definition) is 8. The van der Waals surface area contributed by atoms with Crippen LogP contribution in [0.5, 0.6) is 0 Å². The molecule has 3 rings (SSSR count). The summed E-state index contributed by atoms with van der Waals surface area (Å²) in [5.41, 5.74) is 2.89. The highest BCUT2D eigenvalue weighted by Gasteiger charge is 2.30. The van der Waals surface area contributed by atoms with Gasteiger partial charge in [0.15, 0.2) is 0 Å². The molecule has 2 heterocycles. The Hall–Kier alpha value is 0.720. The lowest BCUT2D eigenvalue weighted by Crippen LogP contribution is -2.21. The van der Waals surface area contributed by atoms with E-state index in [-0.39, 0.29) is 13.2 Å². The molecule has 0 spiro atoms. The highest BCUT2D eigenvalue weighted by Crippen LogP contribution is 2.46. The quantitative estimate of drug-likeness (QED) is 0.445. The van der Waals surface area contributed by atoms with E-state index in [1.54, 1.807) is 0 Å². The smallest absolute Gasteiger partial charge is 0.0746 e. The number of aliphatic hydroxyl groups is 2. The van der Waals surface area contributed by atoms with Gasteiger partial charge in [-0.05, 0) is 47.3 Å². The molecule has 2 N–H and O–H groups in total. The van der Waals surface area contributed by atoms with Crippen molar-refractivity contribution < 1.29 is 10.2 Å². The summed E-state index contributed by atoms with van der Waals surface area (Å²) >= 11 is 11.2. The molecule has 2 aliphatic rings. The minimum atomic E-state index is 0.155. The van der Waals surface area contributed by atoms with Crippen LogP contribution in [0.3, 0.4) is 0 Å². The van der Waals surface area contributed by atoms with Crippen LogP contribution in [-0.4, -0.2) is 55.6 Å². The van der Waals surface area contributed by atoms with Gasteiger partial charge in [0.2, 0.25) is 0 Å². The van der Waals surface area contributed by atoms with Crippen molar-refractivity contribution >= 4 is 70.6 Å². The number of rotatable bonds is 10. The maximum Gasteiger partial charge on any atom is 0.0746 e. The van der Waals surface area contributed by atoms with E-state index in [2.05, 4.69) is 47.6 Å². The molecule has 2 aliphatic heterocycles. The van der Waals surface area contributed by atoms with Gasteiger partial charge in [-0.3, -0.25) is 0 Å². The van der Waals surface area contributed by atoms with Crippen molar-refractivity contribution in [2.24, 2.45) is 0 Å². The highest BCUT2D eigenvalue weighted by molar-refractivity contribution is 8.24. The Labute approximate surface area is 193 Å². The summed E-state index contributed by atoms with van der Waals surface area (Å²) in [6, 6.07) is 8.88. The van der Waals surface area contributed by atoms with Crippen LogP contribution in [0.25, 0.3) is 0 Å². The fourth-order valence-corrected chi connectivity index (χ4v) is 11.1. The highest BCUT2D eigenvalue weighted by atomic mass is 32.2. The Morgan fingerprint density at radius 3 is 1.57 bits per heavy atom. The molecule has 0 amide bonds. The molecule has 1 aromatic carbocycles. The largest absolute Gasteiger partial charge is 0.391 e. The van der Waals surface area contributed by atoms with Gasteiger partial charge in [-0.2, -0.15) is 23.5 Å². The molecule has 0 saturated carbocycles. The van der Waals surface area contributed by atoms with E-state index in [1.807, 2.05) is 70.6 Å². The van der Waals surface area contributed by atoms with Crippen molar-refractivity contribution in [3.8, 4) is 0 Å². The van der Waals surface area contributed by atoms with Gasteiger partial charge in [0.25, 0.3) is 0 Å². The molecule has 8 heteroatoms. The Bertz CT molecular complexity index is 649. The van der Waals surface area contributed by atoms with Crippen molar-refractivity contribution in [1.29, 1.82) is 0 Å². The van der Waals surface area contributed by atoms with E-state index in [4.69, 9.17) is 0 Å². The second-order valence-electron chi connectivity index (χ2n) is 6.45. The van der Waals surface area contributed by atoms with E-state index in [1.165, 1.54) is 11.1 Å². The van der Waals surface area contributed by atoms with Crippen molar-refractivity contribution in [2.75, 3.05) is 25.7 Å². The SMILES string of the molecule is CSC(Cc1ccccc1CC(SC)C1SC=C(CO)S1)C1SC=C(CO)S1. The van der Waals surface area contributed by atoms with Gasteiger partial charge in [0, 0.05) is 20.3 Å². The second kappa shape index (κ2) is 11.9. The van der Waals surface area contributed by atoms with Gasteiger partial charge in [-0.1, -0.05) is 24.3 Å². The van der Waals surface area contributed by atoms with Crippen LogP contribution < -0.4 is 0 Å². The lowest BCUT2D eigenvalue weighted by Gasteiger charge is -2.25. The van der Waals surface area contributed by atoms with Crippen LogP contribution in [0.15, 0.2) is 44.9 Å². The molecule has 0 saturated heterocycles. The zero-order valence-electron chi connectivity index (χ0n) is 15.9. The van der Waals surface area contributed by atoms with E-state index in [0.717, 1.165) is 22.7 Å². The first kappa shape index (κ1) is 23.4. The van der Waals surface area contributed by atoms with Gasteiger partial charge >= 0.3 is 0 Å². The summed E-state index contributed by atoms with van der Waals surface area (Å²) in [4.78, 5) is 2.18. The topological polar surface area (TPSA) is 40.5 Å². The molecule has 28 heavy (non-hydrogen) atoms. The van der Waals surface area contributed by atoms with E-state index >= 15 is 0 Å². The van der Waals surface area contributed by atoms with Crippen LogP contribution in [0, 0.1) is 0 Å². The van der Waals surface area contributed by atoms with Crippen LogP contribution >= 0.6 is 70.6 Å². The van der Waals surface area contributed by atoms with Crippen LogP contribution in [0.4, 0.5) is 0 Å². The molecule has 1 aromatic rings. The van der Waals surface area contributed by atoms with E-state index in [9.17, 15) is 10.2 Å². The fraction of sp³-hybridized carbons (Fsp3) is 0.500. The lowest BCUT2D eigenvalue weighted by molar-refractivity contribution is 0.339. The zero-order chi connectivity index (χ0) is 19.9. The maximum absolute atomic E-state index is 9.40. The van der Waals surface area contributed by atoms with Crippen molar-refractivity contribution in [3.63, 3.8) is 0 Å². The Morgan fingerprint density at radius 1 is 0.821 bits per heavy atom. The molecule has 4 unspecified atom stereocenters. The minimum Gasteiger partial charge on any atom is -0.391 e. The van der Waals surface area contributed by atoms with Gasteiger partial charge < -0.3 is 10.2 Å². The third-order valence-corrected chi connectivity index (χ3v) is 13.3. The van der Waals surface area contributed by atoms with Gasteiger partial charge in [-0.15, -0.1) is 47.0 Å². The predicted molar refractivity (Wildman–Crippen MR) is 137 cm³/mol. The molecular weight excluding hydrogens is 465 g/mol. The average molecular weight is 491 g/mol. The normalized spacial score (nSPS) is 24.1. The molecule has 0 aromatic heterocycles. The summed E-state index contributed by atoms with van der Waals surface area (Å²) in [5.74, 6) is 0. The van der Waals surface area contributed by atoms with Crippen LogP contribution in [0.2, 0.25) is 0 Å². The molecule has 0 aliphatic carbocycles. The monoisotopic (exact) mass is 490 g/mol. The summed E-state index contributed by atoms with van der Waals surface area (Å²) in [7, 11) is 0. The summed E-state index contributed by atoms with van der Waals surface area (Å²) in [6.07, 6.45) is 6.51. The third-order valence-electron chi connectivity index (χ3n) is 4.69. The summed E-state index contributed by atoms with van der Waals surface area (Å²) in [5, 5.41) is 24.1. The standard InChI is InChI=1S/C20H26O2S6/c1-23-17(19-25-11-15(9-21)27-19)7-13-5-3-4-6-14(13)8-18(24-2)20-26-12-16(10-22)28-20/h3-6,11-12,17-22H,7-10H2,1-2H3. The molecular formula is C20H26O2S6. The summed E-state index contributed by atoms with van der Waals surface area (Å²) in [6.45, 7) is 0.309. The summed E-state index contributed by atoms with van der Waals surface area (Å²) < 4.78 is 0.942. The van der Waals surface area contributed by atoms with Gasteiger partial charge in [0.05, 0.1) is 22.4 Å². The third kappa shape index (κ3) is 6.13. The average Bonchev–Trinajstić information content (AvgIpc) is 3.40. The lowest BCUT2D eigenvalue weighted by atomic mass is 9.99. The minimum absolute atomic E-state index is 0.155. The molecule has 4 atom stereocenters. The molecule has 154 valence electrons. The fourth-order valence-electron chi connectivity index (χ4n) is 3.14. The Morgan fingerprint density at radius 2 is 1.25 bits per heavy atom. The van der Waals surface area contributed by atoms with E-state index in [0.29, 0.717) is 19.7 Å². The first-order chi connectivity index (χ1) is 13.7. The first-order valence-corrected chi connectivity index (χ1v) is 15.3. The van der Waals surface area contributed by atoms with Gasteiger partial charge in [-0.25, -0.2) is 0 Å². The zero-order valence-corrected chi connectivity index (χ0v) is 20.8. The first-order valence-electron chi connectivity index (χ1n) is 9.04. The predicted octanol–water partition coefficient (Wildman–Crippen LogP) is 5.51. The van der Waals surface area contributed by atoms with E-state index < -0.39 is 0 Å². The van der Waals surface area contributed by atoms with Gasteiger partial charge in [0.1, 0.15) is 0 Å². The van der Waals surface area contributed by atoms with Crippen LogP contribution in [-0.2, 0) is 12.8 Å². The molecule has 0 bridgehead atoms. The molecule has 0 radical (unpaired) electrons. The number of hydrogen-bond donors (Lipinski definition) is 2. The molecule has 0 fully saturated rings. The number of aliphatic hydroxyl groups excluding tert-OH is 2. The van der Waals surface area contributed by atoms with Crippen molar-refractivity contribution in [1.82, 2.24) is 0 Å². The van der Waals surface area contributed by atoms with Crippen molar-refractivity contribution in [3.05, 3.63) is 56.0 Å². The van der Waals surface area contributed by atoms with Crippen molar-refractivity contribution in [2.45, 2.75) is 32.5 Å². The number of thioether (sulfide) groups is 6. The Kier molecular flexibility index (Phi) is 9.97.